The van der Waals surface area contributed by atoms with E-state index in [-0.39, 0.29) is 12.6 Å². The number of rotatable bonds is 6. The van der Waals surface area contributed by atoms with Gasteiger partial charge in [0.1, 0.15) is 6.04 Å². The van der Waals surface area contributed by atoms with E-state index in [1.807, 2.05) is 0 Å². The predicted molar refractivity (Wildman–Crippen MR) is 66.4 cm³/mol. The number of likely N-dealkylation sites (tertiary alicyclic amines) is 1. The number of carbonyl (C=O) groups is 1. The molecule has 18 heavy (non-hydrogen) atoms. The maximum absolute atomic E-state index is 11.3. The van der Waals surface area contributed by atoms with E-state index in [0.29, 0.717) is 31.7 Å². The van der Waals surface area contributed by atoms with Crippen LogP contribution in [0.3, 0.4) is 0 Å². The molecule has 2 N–H and O–H groups in total. The molecule has 0 aromatic rings. The summed E-state index contributed by atoms with van der Waals surface area (Å²) >= 11 is 0. The average molecular weight is 257 g/mol. The molecule has 104 valence electrons. The van der Waals surface area contributed by atoms with E-state index in [2.05, 4.69) is 4.90 Å². The summed E-state index contributed by atoms with van der Waals surface area (Å²) in [6.07, 6.45) is 5.53. The molecule has 0 spiro atoms. The number of carboxylic acids is 1. The molecular formula is C13H23NO4. The number of carboxylic acid groups (broad SMARTS) is 1. The third-order valence-corrected chi connectivity index (χ3v) is 4.24. The Morgan fingerprint density at radius 2 is 2.06 bits per heavy atom. The van der Waals surface area contributed by atoms with Gasteiger partial charge in [0.2, 0.25) is 0 Å². The number of aliphatic hydroxyl groups is 1. The molecule has 0 aromatic heterocycles. The Morgan fingerprint density at radius 1 is 1.28 bits per heavy atom. The molecule has 3 atom stereocenters. The quantitative estimate of drug-likeness (QED) is 0.686. The van der Waals surface area contributed by atoms with Crippen molar-refractivity contribution < 1.29 is 19.7 Å². The number of aliphatic hydroxyl groups excluding tert-OH is 1. The van der Waals surface area contributed by atoms with Gasteiger partial charge >= 0.3 is 5.97 Å². The highest BCUT2D eigenvalue weighted by Gasteiger charge is 2.44. The van der Waals surface area contributed by atoms with Crippen LogP contribution in [-0.2, 0) is 9.53 Å². The summed E-state index contributed by atoms with van der Waals surface area (Å²) in [4.78, 5) is 13.4. The van der Waals surface area contributed by atoms with Crippen molar-refractivity contribution in [3.05, 3.63) is 0 Å². The molecule has 5 nitrogen and oxygen atoms in total. The van der Waals surface area contributed by atoms with Crippen LogP contribution >= 0.6 is 0 Å². The summed E-state index contributed by atoms with van der Waals surface area (Å²) in [6, 6.07) is 0.0911. The Hall–Kier alpha value is -0.650. The predicted octanol–water partition coefficient (Wildman–Crippen LogP) is 0.713. The van der Waals surface area contributed by atoms with E-state index in [4.69, 9.17) is 9.84 Å². The number of nitrogens with zero attached hydrogens (tertiary/aromatic N) is 1. The summed E-state index contributed by atoms with van der Waals surface area (Å²) < 4.78 is 5.27. The molecule has 0 radical (unpaired) electrons. The topological polar surface area (TPSA) is 70.0 Å². The van der Waals surface area contributed by atoms with Crippen molar-refractivity contribution in [3.8, 4) is 0 Å². The molecule has 2 fully saturated rings. The highest BCUT2D eigenvalue weighted by molar-refractivity contribution is 5.74. The number of ether oxygens (including phenoxy) is 1. The van der Waals surface area contributed by atoms with Gasteiger partial charge in [0.05, 0.1) is 19.8 Å². The first-order chi connectivity index (χ1) is 8.74. The largest absolute Gasteiger partial charge is 0.480 e. The van der Waals surface area contributed by atoms with Crippen molar-refractivity contribution in [2.45, 2.75) is 44.2 Å². The van der Waals surface area contributed by atoms with E-state index < -0.39 is 5.97 Å². The van der Waals surface area contributed by atoms with E-state index >= 15 is 0 Å². The average Bonchev–Trinajstić information content (AvgIpc) is 2.74. The Kier molecular flexibility index (Phi) is 4.97. The molecule has 1 saturated heterocycles. The Bertz CT molecular complexity index is 284. The van der Waals surface area contributed by atoms with Crippen molar-refractivity contribution in [1.82, 2.24) is 4.90 Å². The first kappa shape index (κ1) is 13.8. The minimum Gasteiger partial charge on any atom is -0.480 e. The monoisotopic (exact) mass is 257 g/mol. The highest BCUT2D eigenvalue weighted by atomic mass is 16.5. The SMILES string of the molecule is O=C(O)C1CC2CCCCC2N1CCOCCO. The Morgan fingerprint density at radius 3 is 2.78 bits per heavy atom. The van der Waals surface area contributed by atoms with Gasteiger partial charge < -0.3 is 14.9 Å². The zero-order valence-electron chi connectivity index (χ0n) is 10.8. The van der Waals surface area contributed by atoms with Crippen molar-refractivity contribution in [3.63, 3.8) is 0 Å². The third kappa shape index (κ3) is 3.02. The number of hydrogen-bond donors (Lipinski definition) is 2. The standard InChI is InChI=1S/C13H23NO4/c15-6-8-18-7-5-14-11-4-2-1-3-10(11)9-12(14)13(16)17/h10-12,15H,1-9H2,(H,16,17). The zero-order chi connectivity index (χ0) is 13.0. The first-order valence-electron chi connectivity index (χ1n) is 6.91. The Labute approximate surface area is 108 Å². The second-order valence-electron chi connectivity index (χ2n) is 5.28. The molecule has 0 amide bonds. The lowest BCUT2D eigenvalue weighted by Crippen LogP contribution is -2.44. The molecule has 1 saturated carbocycles. The molecule has 1 heterocycles. The molecule has 5 heteroatoms. The molecule has 1 aliphatic carbocycles. The van der Waals surface area contributed by atoms with Crippen LogP contribution in [0.4, 0.5) is 0 Å². The van der Waals surface area contributed by atoms with Gasteiger partial charge in [-0.15, -0.1) is 0 Å². The van der Waals surface area contributed by atoms with Gasteiger partial charge in [-0.1, -0.05) is 12.8 Å². The molecule has 3 unspecified atom stereocenters. The number of hydrogen-bond acceptors (Lipinski definition) is 4. The normalized spacial score (nSPS) is 32.4. The van der Waals surface area contributed by atoms with Gasteiger partial charge in [0.25, 0.3) is 0 Å². The number of aliphatic carboxylic acids is 1. The number of fused-ring (bicyclic) bond motifs is 1. The fourth-order valence-corrected chi connectivity index (χ4v) is 3.45. The van der Waals surface area contributed by atoms with Crippen LogP contribution in [-0.4, -0.2) is 59.5 Å². The second-order valence-corrected chi connectivity index (χ2v) is 5.28. The van der Waals surface area contributed by atoms with Gasteiger partial charge in [-0.25, -0.2) is 0 Å². The smallest absolute Gasteiger partial charge is 0.320 e. The van der Waals surface area contributed by atoms with Crippen LogP contribution in [0, 0.1) is 5.92 Å². The van der Waals surface area contributed by atoms with Gasteiger partial charge in [-0.2, -0.15) is 0 Å². The molecule has 2 rings (SSSR count). The van der Waals surface area contributed by atoms with E-state index in [1.54, 1.807) is 0 Å². The van der Waals surface area contributed by atoms with Gasteiger partial charge in [-0.05, 0) is 25.2 Å². The van der Waals surface area contributed by atoms with Crippen LogP contribution in [0.2, 0.25) is 0 Å². The van der Waals surface area contributed by atoms with Crippen molar-refractivity contribution in [2.24, 2.45) is 5.92 Å². The zero-order valence-corrected chi connectivity index (χ0v) is 10.8. The van der Waals surface area contributed by atoms with Gasteiger partial charge in [0.15, 0.2) is 0 Å². The van der Waals surface area contributed by atoms with Crippen LogP contribution in [0.5, 0.6) is 0 Å². The van der Waals surface area contributed by atoms with E-state index in [0.717, 1.165) is 12.8 Å². The molecular weight excluding hydrogens is 234 g/mol. The van der Waals surface area contributed by atoms with Crippen molar-refractivity contribution in [2.75, 3.05) is 26.4 Å². The molecule has 0 bridgehead atoms. The second kappa shape index (κ2) is 6.50. The maximum Gasteiger partial charge on any atom is 0.320 e. The minimum atomic E-state index is -0.702. The van der Waals surface area contributed by atoms with Crippen LogP contribution in [0.15, 0.2) is 0 Å². The first-order valence-corrected chi connectivity index (χ1v) is 6.91. The summed E-state index contributed by atoms with van der Waals surface area (Å²) in [7, 11) is 0. The van der Waals surface area contributed by atoms with Crippen molar-refractivity contribution >= 4 is 5.97 Å². The maximum atomic E-state index is 11.3. The summed E-state index contributed by atoms with van der Waals surface area (Å²) in [5.74, 6) is -0.149. The summed E-state index contributed by atoms with van der Waals surface area (Å²) in [6.45, 7) is 1.53. The van der Waals surface area contributed by atoms with Gasteiger partial charge in [-0.3, -0.25) is 9.69 Å². The summed E-state index contributed by atoms with van der Waals surface area (Å²) in [5, 5.41) is 18.0. The lowest BCUT2D eigenvalue weighted by molar-refractivity contribution is -0.143. The fourth-order valence-electron chi connectivity index (χ4n) is 3.45. The molecule has 1 aliphatic heterocycles. The fraction of sp³-hybridized carbons (Fsp3) is 0.923. The van der Waals surface area contributed by atoms with Crippen molar-refractivity contribution in [1.29, 1.82) is 0 Å². The third-order valence-electron chi connectivity index (χ3n) is 4.24. The van der Waals surface area contributed by atoms with Crippen LogP contribution in [0.1, 0.15) is 32.1 Å². The lowest BCUT2D eigenvalue weighted by atomic mass is 9.85. The molecule has 0 aromatic carbocycles. The minimum absolute atomic E-state index is 0.0222. The van der Waals surface area contributed by atoms with E-state index in [9.17, 15) is 9.90 Å². The highest BCUT2D eigenvalue weighted by Crippen LogP contribution is 2.39. The molecule has 2 aliphatic rings. The summed E-state index contributed by atoms with van der Waals surface area (Å²) in [5.41, 5.74) is 0. The van der Waals surface area contributed by atoms with Crippen LogP contribution in [0.25, 0.3) is 0 Å². The van der Waals surface area contributed by atoms with Gasteiger partial charge in [0, 0.05) is 12.6 Å². The Balaban J connectivity index is 1.91. The van der Waals surface area contributed by atoms with Crippen LogP contribution < -0.4 is 0 Å². The lowest BCUT2D eigenvalue weighted by Gasteiger charge is -2.32. The van der Waals surface area contributed by atoms with E-state index in [1.165, 1.54) is 19.3 Å².